The van der Waals surface area contributed by atoms with Crippen LogP contribution in [0.2, 0.25) is 0 Å². The average Bonchev–Trinajstić information content (AvgIpc) is 2.86. The number of carbonyl (C=O) groups excluding carboxylic acids is 1. The fourth-order valence-corrected chi connectivity index (χ4v) is 2.87. The SMILES string of the molecule is CCc1ncsc1C(=O)N1CC(CO)OCC1C. The molecule has 6 heteroatoms. The maximum absolute atomic E-state index is 12.5. The molecule has 0 aliphatic carbocycles. The van der Waals surface area contributed by atoms with Crippen molar-refractivity contribution in [3.05, 3.63) is 16.1 Å². The van der Waals surface area contributed by atoms with Gasteiger partial charge in [0.15, 0.2) is 0 Å². The highest BCUT2D eigenvalue weighted by Gasteiger charge is 2.31. The summed E-state index contributed by atoms with van der Waals surface area (Å²) in [6.45, 7) is 4.80. The van der Waals surface area contributed by atoms with Crippen molar-refractivity contribution in [1.29, 1.82) is 0 Å². The predicted molar refractivity (Wildman–Crippen MR) is 68.8 cm³/mol. The first-order valence-electron chi connectivity index (χ1n) is 6.13. The summed E-state index contributed by atoms with van der Waals surface area (Å²) >= 11 is 1.38. The Morgan fingerprint density at radius 3 is 3.17 bits per heavy atom. The van der Waals surface area contributed by atoms with Gasteiger partial charge in [-0.3, -0.25) is 4.79 Å². The second-order valence-corrected chi connectivity index (χ2v) is 5.28. The molecule has 1 N–H and O–H groups in total. The van der Waals surface area contributed by atoms with Crippen molar-refractivity contribution < 1.29 is 14.6 Å². The van der Waals surface area contributed by atoms with Gasteiger partial charge in [-0.05, 0) is 13.3 Å². The molecular formula is C12H18N2O3S. The van der Waals surface area contributed by atoms with E-state index in [1.807, 2.05) is 13.8 Å². The van der Waals surface area contributed by atoms with E-state index >= 15 is 0 Å². The highest BCUT2D eigenvalue weighted by molar-refractivity contribution is 7.11. The fourth-order valence-electron chi connectivity index (χ4n) is 2.04. The van der Waals surface area contributed by atoms with Crippen LogP contribution >= 0.6 is 11.3 Å². The molecule has 1 amide bonds. The Balaban J connectivity index is 2.16. The lowest BCUT2D eigenvalue weighted by atomic mass is 10.1. The lowest BCUT2D eigenvalue weighted by Gasteiger charge is -2.37. The van der Waals surface area contributed by atoms with Crippen LogP contribution in [0.15, 0.2) is 5.51 Å². The van der Waals surface area contributed by atoms with Gasteiger partial charge in [0.1, 0.15) is 4.88 Å². The number of rotatable bonds is 3. The monoisotopic (exact) mass is 270 g/mol. The topological polar surface area (TPSA) is 62.7 Å². The van der Waals surface area contributed by atoms with Crippen LogP contribution in [0.5, 0.6) is 0 Å². The third-order valence-corrected chi connectivity index (χ3v) is 4.00. The van der Waals surface area contributed by atoms with Gasteiger partial charge in [-0.25, -0.2) is 4.98 Å². The van der Waals surface area contributed by atoms with E-state index in [0.29, 0.717) is 18.0 Å². The van der Waals surface area contributed by atoms with Gasteiger partial charge in [-0.2, -0.15) is 0 Å². The third-order valence-electron chi connectivity index (χ3n) is 3.14. The highest BCUT2D eigenvalue weighted by atomic mass is 32.1. The van der Waals surface area contributed by atoms with E-state index < -0.39 is 0 Å². The van der Waals surface area contributed by atoms with E-state index in [0.717, 1.165) is 12.1 Å². The summed E-state index contributed by atoms with van der Waals surface area (Å²) in [6.07, 6.45) is 0.482. The molecule has 1 aromatic rings. The highest BCUT2D eigenvalue weighted by Crippen LogP contribution is 2.20. The molecule has 0 spiro atoms. The Labute approximate surface area is 110 Å². The molecule has 0 saturated carbocycles. The molecule has 2 atom stereocenters. The van der Waals surface area contributed by atoms with Gasteiger partial charge in [0.25, 0.3) is 5.91 Å². The predicted octanol–water partition coefficient (Wildman–Crippen LogP) is 0.927. The zero-order valence-corrected chi connectivity index (χ0v) is 11.4. The van der Waals surface area contributed by atoms with Crippen molar-refractivity contribution in [3.63, 3.8) is 0 Å². The zero-order chi connectivity index (χ0) is 13.1. The van der Waals surface area contributed by atoms with Crippen molar-refractivity contribution in [1.82, 2.24) is 9.88 Å². The lowest BCUT2D eigenvalue weighted by molar-refractivity contribution is -0.0666. The van der Waals surface area contributed by atoms with E-state index in [1.54, 1.807) is 10.4 Å². The Hall–Kier alpha value is -0.980. The molecule has 2 unspecified atom stereocenters. The Bertz CT molecular complexity index is 421. The number of thiazole rings is 1. The summed E-state index contributed by atoms with van der Waals surface area (Å²) in [5, 5.41) is 9.14. The molecule has 2 heterocycles. The summed E-state index contributed by atoms with van der Waals surface area (Å²) in [6, 6.07) is 0.0344. The standard InChI is InChI=1S/C12H18N2O3S/c1-3-10-11(18-7-13-10)12(16)14-4-9(5-15)17-6-8(14)2/h7-9,15H,3-6H2,1-2H3. The number of hydrogen-bond donors (Lipinski definition) is 1. The number of aliphatic hydroxyl groups is 1. The van der Waals surface area contributed by atoms with E-state index in [4.69, 9.17) is 9.84 Å². The zero-order valence-electron chi connectivity index (χ0n) is 10.6. The van der Waals surface area contributed by atoms with E-state index in [2.05, 4.69) is 4.98 Å². The normalized spacial score (nSPS) is 24.3. The van der Waals surface area contributed by atoms with Crippen molar-refractivity contribution >= 4 is 17.2 Å². The maximum Gasteiger partial charge on any atom is 0.266 e. The molecule has 5 nitrogen and oxygen atoms in total. The molecule has 1 aliphatic heterocycles. The molecule has 0 radical (unpaired) electrons. The second kappa shape index (κ2) is 5.77. The molecule has 0 bridgehead atoms. The Morgan fingerprint density at radius 1 is 1.72 bits per heavy atom. The van der Waals surface area contributed by atoms with E-state index in [1.165, 1.54) is 11.3 Å². The molecule has 18 heavy (non-hydrogen) atoms. The fraction of sp³-hybridized carbons (Fsp3) is 0.667. The molecule has 1 aromatic heterocycles. The summed E-state index contributed by atoms with van der Waals surface area (Å²) in [4.78, 5) is 19.2. The largest absolute Gasteiger partial charge is 0.394 e. The van der Waals surface area contributed by atoms with Crippen molar-refractivity contribution in [2.45, 2.75) is 32.4 Å². The second-order valence-electron chi connectivity index (χ2n) is 4.43. The van der Waals surface area contributed by atoms with E-state index in [-0.39, 0.29) is 24.7 Å². The summed E-state index contributed by atoms with van der Waals surface area (Å²) in [5.41, 5.74) is 2.56. The van der Waals surface area contributed by atoms with Crippen LogP contribution < -0.4 is 0 Å². The first-order valence-corrected chi connectivity index (χ1v) is 7.01. The van der Waals surface area contributed by atoms with Crippen LogP contribution in [0.4, 0.5) is 0 Å². The van der Waals surface area contributed by atoms with E-state index in [9.17, 15) is 4.79 Å². The number of aromatic nitrogens is 1. The molecule has 1 fully saturated rings. The van der Waals surface area contributed by atoms with Gasteiger partial charge in [0.05, 0.1) is 36.6 Å². The number of morpholine rings is 1. The maximum atomic E-state index is 12.5. The lowest BCUT2D eigenvalue weighted by Crippen LogP contribution is -2.52. The smallest absolute Gasteiger partial charge is 0.266 e. The summed E-state index contributed by atoms with van der Waals surface area (Å²) < 4.78 is 5.44. The molecule has 2 rings (SSSR count). The average molecular weight is 270 g/mol. The van der Waals surface area contributed by atoms with Gasteiger partial charge < -0.3 is 14.7 Å². The van der Waals surface area contributed by atoms with Crippen LogP contribution in [0.1, 0.15) is 29.2 Å². The summed E-state index contributed by atoms with van der Waals surface area (Å²) in [7, 11) is 0. The minimum absolute atomic E-state index is 0.00333. The van der Waals surface area contributed by atoms with Gasteiger partial charge >= 0.3 is 0 Å². The molecule has 0 aromatic carbocycles. The number of hydrogen-bond acceptors (Lipinski definition) is 5. The van der Waals surface area contributed by atoms with Crippen LogP contribution in [0.25, 0.3) is 0 Å². The Morgan fingerprint density at radius 2 is 2.50 bits per heavy atom. The van der Waals surface area contributed by atoms with Crippen LogP contribution in [-0.4, -0.2) is 52.8 Å². The van der Waals surface area contributed by atoms with Gasteiger partial charge in [0, 0.05) is 6.54 Å². The molecule has 1 aliphatic rings. The van der Waals surface area contributed by atoms with Crippen molar-refractivity contribution in [2.75, 3.05) is 19.8 Å². The van der Waals surface area contributed by atoms with Gasteiger partial charge in [0.2, 0.25) is 0 Å². The molecule has 100 valence electrons. The molecular weight excluding hydrogens is 252 g/mol. The minimum atomic E-state index is -0.275. The number of aliphatic hydroxyl groups excluding tert-OH is 1. The van der Waals surface area contributed by atoms with Gasteiger partial charge in [-0.15, -0.1) is 11.3 Å². The van der Waals surface area contributed by atoms with Crippen LogP contribution in [0, 0.1) is 0 Å². The third kappa shape index (κ3) is 2.55. The molecule has 1 saturated heterocycles. The quantitative estimate of drug-likeness (QED) is 0.887. The van der Waals surface area contributed by atoms with Crippen molar-refractivity contribution in [3.8, 4) is 0 Å². The van der Waals surface area contributed by atoms with Crippen LogP contribution in [-0.2, 0) is 11.2 Å². The number of nitrogens with zero attached hydrogens (tertiary/aromatic N) is 2. The first-order chi connectivity index (χ1) is 8.67. The number of carbonyl (C=O) groups is 1. The summed E-state index contributed by atoms with van der Waals surface area (Å²) in [5.74, 6) is 0.00333. The van der Waals surface area contributed by atoms with Gasteiger partial charge in [-0.1, -0.05) is 6.92 Å². The Kier molecular flexibility index (Phi) is 4.31. The number of ether oxygens (including phenoxy) is 1. The van der Waals surface area contributed by atoms with Crippen LogP contribution in [0.3, 0.4) is 0 Å². The minimum Gasteiger partial charge on any atom is -0.394 e. The number of aryl methyl sites for hydroxylation is 1. The number of amides is 1. The first kappa shape index (κ1) is 13.5. The van der Waals surface area contributed by atoms with Crippen molar-refractivity contribution in [2.24, 2.45) is 0 Å².